The minimum absolute atomic E-state index is 0.263. The molecule has 198 valence electrons. The predicted molar refractivity (Wildman–Crippen MR) is 156 cm³/mol. The van der Waals surface area contributed by atoms with Crippen LogP contribution in [-0.2, 0) is 11.8 Å². The average molecular weight is 539 g/mol. The summed E-state index contributed by atoms with van der Waals surface area (Å²) in [5.41, 5.74) is 5.56. The van der Waals surface area contributed by atoms with Gasteiger partial charge in [0.2, 0.25) is 5.91 Å². The number of aryl methyl sites for hydroxylation is 2. The van der Waals surface area contributed by atoms with Crippen LogP contribution in [0.2, 0.25) is 0 Å². The standard InChI is InChI=1S/C30H30N6O2S/c1-19-16-17-25(18-20(19)2)35-27(23-12-8-6-9-13-23)32-33-30(35)39-22(4)28(37)31-26-21(3)34(5)36(29(26)38)24-14-10-7-11-15-24/h6-18,22H,1-5H3,(H,31,37). The molecule has 1 unspecified atom stereocenters. The summed E-state index contributed by atoms with van der Waals surface area (Å²) in [6, 6.07) is 25.4. The molecule has 0 saturated carbocycles. The Labute approximate surface area is 231 Å². The lowest BCUT2D eigenvalue weighted by molar-refractivity contribution is -0.115. The van der Waals surface area contributed by atoms with Crippen LogP contribution in [0.1, 0.15) is 23.7 Å². The minimum Gasteiger partial charge on any atom is -0.319 e. The molecular weight excluding hydrogens is 508 g/mol. The van der Waals surface area contributed by atoms with E-state index in [1.807, 2.05) is 78.2 Å². The SMILES string of the molecule is Cc1ccc(-n2c(SC(C)C(=O)Nc3c(C)n(C)n(-c4ccccc4)c3=O)nnc2-c2ccccc2)cc1C. The highest BCUT2D eigenvalue weighted by atomic mass is 32.2. The zero-order valence-corrected chi connectivity index (χ0v) is 23.4. The lowest BCUT2D eigenvalue weighted by Crippen LogP contribution is -2.27. The maximum Gasteiger partial charge on any atom is 0.295 e. The Hall–Kier alpha value is -4.37. The molecule has 0 bridgehead atoms. The number of hydrogen-bond acceptors (Lipinski definition) is 5. The molecule has 5 rings (SSSR count). The monoisotopic (exact) mass is 538 g/mol. The number of benzene rings is 3. The van der Waals surface area contributed by atoms with Gasteiger partial charge in [-0.3, -0.25) is 18.8 Å². The maximum absolute atomic E-state index is 13.4. The molecule has 5 aromatic rings. The second-order valence-electron chi connectivity index (χ2n) is 9.46. The number of anilines is 1. The van der Waals surface area contributed by atoms with Gasteiger partial charge in [-0.1, -0.05) is 66.4 Å². The topological polar surface area (TPSA) is 86.7 Å². The lowest BCUT2D eigenvalue weighted by atomic mass is 10.1. The van der Waals surface area contributed by atoms with Crippen molar-refractivity contribution in [2.75, 3.05) is 5.32 Å². The number of aromatic nitrogens is 5. The van der Waals surface area contributed by atoms with Gasteiger partial charge in [0.05, 0.1) is 22.3 Å². The summed E-state index contributed by atoms with van der Waals surface area (Å²) in [5, 5.41) is 11.9. The second-order valence-corrected chi connectivity index (χ2v) is 10.8. The zero-order chi connectivity index (χ0) is 27.7. The fraction of sp³-hybridized carbons (Fsp3) is 0.200. The number of nitrogens with one attached hydrogen (secondary N) is 1. The summed E-state index contributed by atoms with van der Waals surface area (Å²) in [6.07, 6.45) is 0. The average Bonchev–Trinajstić information content (AvgIpc) is 3.45. The summed E-state index contributed by atoms with van der Waals surface area (Å²) in [6.45, 7) is 7.76. The van der Waals surface area contributed by atoms with Gasteiger partial charge in [-0.2, -0.15) is 0 Å². The molecule has 0 aliphatic carbocycles. The van der Waals surface area contributed by atoms with Gasteiger partial charge < -0.3 is 5.32 Å². The van der Waals surface area contributed by atoms with E-state index in [1.165, 1.54) is 17.3 Å². The molecule has 39 heavy (non-hydrogen) atoms. The Balaban J connectivity index is 1.46. The first-order valence-corrected chi connectivity index (χ1v) is 13.5. The summed E-state index contributed by atoms with van der Waals surface area (Å²) < 4.78 is 5.27. The molecule has 2 heterocycles. The van der Waals surface area contributed by atoms with Crippen LogP contribution in [0, 0.1) is 20.8 Å². The Morgan fingerprint density at radius 3 is 2.21 bits per heavy atom. The van der Waals surface area contributed by atoms with E-state index in [0.717, 1.165) is 22.5 Å². The van der Waals surface area contributed by atoms with Gasteiger partial charge in [-0.15, -0.1) is 10.2 Å². The van der Waals surface area contributed by atoms with E-state index in [4.69, 9.17) is 0 Å². The van der Waals surface area contributed by atoms with Gasteiger partial charge in [-0.25, -0.2) is 4.68 Å². The van der Waals surface area contributed by atoms with Crippen molar-refractivity contribution in [2.24, 2.45) is 7.05 Å². The van der Waals surface area contributed by atoms with E-state index in [1.54, 1.807) is 23.3 Å². The van der Waals surface area contributed by atoms with Crippen LogP contribution >= 0.6 is 11.8 Å². The number of nitrogens with zero attached hydrogens (tertiary/aromatic N) is 5. The van der Waals surface area contributed by atoms with Crippen LogP contribution in [0.3, 0.4) is 0 Å². The van der Waals surface area contributed by atoms with E-state index < -0.39 is 5.25 Å². The molecule has 8 nitrogen and oxygen atoms in total. The number of para-hydroxylation sites is 1. The number of thioether (sulfide) groups is 1. The summed E-state index contributed by atoms with van der Waals surface area (Å²) in [4.78, 5) is 26.6. The molecule has 1 N–H and O–H groups in total. The first-order valence-electron chi connectivity index (χ1n) is 12.7. The highest BCUT2D eigenvalue weighted by Crippen LogP contribution is 2.31. The van der Waals surface area contributed by atoms with Gasteiger partial charge in [0.25, 0.3) is 5.56 Å². The van der Waals surface area contributed by atoms with Crippen LogP contribution in [0.15, 0.2) is 88.8 Å². The molecule has 1 atom stereocenters. The summed E-state index contributed by atoms with van der Waals surface area (Å²) in [7, 11) is 1.80. The highest BCUT2D eigenvalue weighted by molar-refractivity contribution is 8.00. The van der Waals surface area contributed by atoms with Crippen LogP contribution < -0.4 is 10.9 Å². The van der Waals surface area contributed by atoms with Crippen LogP contribution in [-0.4, -0.2) is 35.3 Å². The third kappa shape index (κ3) is 5.05. The number of carbonyl (C=O) groups excluding carboxylic acids is 1. The van der Waals surface area contributed by atoms with Gasteiger partial charge in [0, 0.05) is 12.6 Å². The second kappa shape index (κ2) is 10.8. The van der Waals surface area contributed by atoms with Crippen molar-refractivity contribution in [3.63, 3.8) is 0 Å². The molecule has 0 fully saturated rings. The van der Waals surface area contributed by atoms with Crippen molar-refractivity contribution in [3.8, 4) is 22.8 Å². The smallest absolute Gasteiger partial charge is 0.295 e. The van der Waals surface area contributed by atoms with Gasteiger partial charge in [0.15, 0.2) is 11.0 Å². The van der Waals surface area contributed by atoms with Crippen molar-refractivity contribution < 1.29 is 4.79 Å². The molecule has 1 amide bonds. The Morgan fingerprint density at radius 2 is 1.54 bits per heavy atom. The van der Waals surface area contributed by atoms with Crippen molar-refractivity contribution >= 4 is 23.4 Å². The van der Waals surface area contributed by atoms with Crippen molar-refractivity contribution in [3.05, 3.63) is 106 Å². The number of rotatable bonds is 7. The summed E-state index contributed by atoms with van der Waals surface area (Å²) in [5.74, 6) is 0.403. The third-order valence-corrected chi connectivity index (χ3v) is 7.91. The molecule has 9 heteroatoms. The van der Waals surface area contributed by atoms with E-state index in [9.17, 15) is 9.59 Å². The molecule has 0 aliphatic rings. The fourth-order valence-corrected chi connectivity index (χ4v) is 5.23. The first kappa shape index (κ1) is 26.2. The quantitative estimate of drug-likeness (QED) is 0.278. The normalized spacial score (nSPS) is 11.9. The maximum atomic E-state index is 13.4. The number of amides is 1. The summed E-state index contributed by atoms with van der Waals surface area (Å²) >= 11 is 1.30. The molecule has 2 aromatic heterocycles. The number of hydrogen-bond donors (Lipinski definition) is 1. The fourth-order valence-electron chi connectivity index (χ4n) is 4.37. The molecule has 0 radical (unpaired) electrons. The van der Waals surface area contributed by atoms with Gasteiger partial charge in [-0.05, 0) is 63.1 Å². The van der Waals surface area contributed by atoms with E-state index in [0.29, 0.717) is 16.7 Å². The molecule has 0 spiro atoms. The Morgan fingerprint density at radius 1 is 0.872 bits per heavy atom. The van der Waals surface area contributed by atoms with Crippen molar-refractivity contribution in [1.29, 1.82) is 0 Å². The molecule has 0 aliphatic heterocycles. The zero-order valence-electron chi connectivity index (χ0n) is 22.5. The van der Waals surface area contributed by atoms with E-state index >= 15 is 0 Å². The number of carbonyl (C=O) groups is 1. The van der Waals surface area contributed by atoms with Crippen molar-refractivity contribution in [2.45, 2.75) is 38.1 Å². The predicted octanol–water partition coefficient (Wildman–Crippen LogP) is 5.47. The minimum atomic E-state index is -0.549. The Kier molecular flexibility index (Phi) is 7.26. The van der Waals surface area contributed by atoms with Crippen LogP contribution in [0.25, 0.3) is 22.8 Å². The largest absolute Gasteiger partial charge is 0.319 e. The van der Waals surface area contributed by atoms with Crippen molar-refractivity contribution in [1.82, 2.24) is 24.1 Å². The Bertz CT molecular complexity index is 1700. The molecular formula is C30H30N6O2S. The van der Waals surface area contributed by atoms with Crippen LogP contribution in [0.4, 0.5) is 5.69 Å². The van der Waals surface area contributed by atoms with Gasteiger partial charge >= 0.3 is 0 Å². The lowest BCUT2D eigenvalue weighted by Gasteiger charge is -2.15. The van der Waals surface area contributed by atoms with E-state index in [-0.39, 0.29) is 17.2 Å². The van der Waals surface area contributed by atoms with Gasteiger partial charge in [0.1, 0.15) is 5.69 Å². The first-order chi connectivity index (χ1) is 18.8. The van der Waals surface area contributed by atoms with E-state index in [2.05, 4.69) is 41.5 Å². The van der Waals surface area contributed by atoms with Crippen LogP contribution in [0.5, 0.6) is 0 Å². The molecule has 0 saturated heterocycles. The molecule has 3 aromatic carbocycles. The third-order valence-electron chi connectivity index (χ3n) is 6.87. The highest BCUT2D eigenvalue weighted by Gasteiger charge is 2.25.